The molecule has 7 nitrogen and oxygen atoms in total. The van der Waals surface area contributed by atoms with E-state index in [0.29, 0.717) is 37.0 Å². The van der Waals surface area contributed by atoms with Crippen LogP contribution in [0.15, 0.2) is 29.4 Å². The molecule has 2 aromatic rings. The largest absolute Gasteiger partial charge is 0.378 e. The number of thioether (sulfide) groups is 1. The van der Waals surface area contributed by atoms with E-state index >= 15 is 0 Å². The lowest BCUT2D eigenvalue weighted by Crippen LogP contribution is -2.38. The molecule has 1 fully saturated rings. The van der Waals surface area contributed by atoms with Gasteiger partial charge in [-0.2, -0.15) is 0 Å². The Morgan fingerprint density at radius 3 is 2.81 bits per heavy atom. The summed E-state index contributed by atoms with van der Waals surface area (Å²) in [5.41, 5.74) is 0.918. The number of anilines is 1. The van der Waals surface area contributed by atoms with Gasteiger partial charge in [0, 0.05) is 43.4 Å². The van der Waals surface area contributed by atoms with E-state index < -0.39 is 0 Å². The first-order valence-corrected chi connectivity index (χ1v) is 10.4. The third-order valence-electron chi connectivity index (χ3n) is 4.30. The Hall–Kier alpha value is -1.77. The minimum Gasteiger partial charge on any atom is -0.378 e. The molecule has 0 spiro atoms. The average molecular weight is 410 g/mol. The highest BCUT2D eigenvalue weighted by Crippen LogP contribution is 2.23. The maximum Gasteiger partial charge on any atom is 0.228 e. The average Bonchev–Trinajstić information content (AvgIpc) is 3.11. The van der Waals surface area contributed by atoms with Gasteiger partial charge in [0.1, 0.15) is 0 Å². The topological polar surface area (TPSA) is 72.3 Å². The molecule has 2 heterocycles. The van der Waals surface area contributed by atoms with Crippen LogP contribution in [0.5, 0.6) is 0 Å². The van der Waals surface area contributed by atoms with Crippen LogP contribution in [-0.4, -0.2) is 52.7 Å². The lowest BCUT2D eigenvalue weighted by Gasteiger charge is -2.27. The van der Waals surface area contributed by atoms with E-state index in [1.807, 2.05) is 24.3 Å². The van der Waals surface area contributed by atoms with Crippen LogP contribution in [0, 0.1) is 0 Å². The van der Waals surface area contributed by atoms with Crippen molar-refractivity contribution in [2.45, 2.75) is 31.6 Å². The van der Waals surface area contributed by atoms with E-state index in [0.717, 1.165) is 36.3 Å². The van der Waals surface area contributed by atoms with E-state index in [4.69, 9.17) is 16.3 Å². The number of hydrogen-bond acceptors (Lipinski definition) is 6. The lowest BCUT2D eigenvalue weighted by molar-refractivity contribution is -0.120. The van der Waals surface area contributed by atoms with Crippen LogP contribution in [0.1, 0.15) is 18.9 Å². The van der Waals surface area contributed by atoms with Crippen LogP contribution in [0.4, 0.5) is 5.95 Å². The first-order chi connectivity index (χ1) is 13.2. The summed E-state index contributed by atoms with van der Waals surface area (Å²) in [5.74, 6) is 1.53. The van der Waals surface area contributed by atoms with Crippen molar-refractivity contribution < 1.29 is 9.53 Å². The summed E-state index contributed by atoms with van der Waals surface area (Å²) in [7, 11) is 0. The summed E-state index contributed by atoms with van der Waals surface area (Å²) in [6.45, 7) is 6.39. The quantitative estimate of drug-likeness (QED) is 0.675. The van der Waals surface area contributed by atoms with Crippen molar-refractivity contribution in [3.63, 3.8) is 0 Å². The zero-order chi connectivity index (χ0) is 19.1. The van der Waals surface area contributed by atoms with Crippen molar-refractivity contribution in [1.29, 1.82) is 0 Å². The number of halogens is 1. The van der Waals surface area contributed by atoms with Crippen LogP contribution in [0.2, 0.25) is 5.02 Å². The highest BCUT2D eigenvalue weighted by atomic mass is 35.5. The fraction of sp³-hybridized carbons (Fsp3) is 0.500. The summed E-state index contributed by atoms with van der Waals surface area (Å²) in [5, 5.41) is 13.1. The maximum absolute atomic E-state index is 12.1. The van der Waals surface area contributed by atoms with Gasteiger partial charge in [-0.1, -0.05) is 41.6 Å². The molecule has 1 saturated heterocycles. The predicted octanol–water partition coefficient (Wildman–Crippen LogP) is 2.59. The molecule has 9 heteroatoms. The second-order valence-electron chi connectivity index (χ2n) is 6.09. The number of nitrogens with zero attached hydrogens (tertiary/aromatic N) is 4. The number of amides is 1. The number of hydrogen-bond donors (Lipinski definition) is 1. The van der Waals surface area contributed by atoms with Crippen molar-refractivity contribution >= 4 is 35.2 Å². The third kappa shape index (κ3) is 5.37. The number of aromatic nitrogens is 3. The fourth-order valence-electron chi connectivity index (χ4n) is 2.82. The summed E-state index contributed by atoms with van der Waals surface area (Å²) < 4.78 is 7.49. The van der Waals surface area contributed by atoms with E-state index in [2.05, 4.69) is 31.9 Å². The van der Waals surface area contributed by atoms with Gasteiger partial charge in [0.2, 0.25) is 11.9 Å². The molecule has 1 aromatic heterocycles. The summed E-state index contributed by atoms with van der Waals surface area (Å²) in [4.78, 5) is 14.3. The molecule has 27 heavy (non-hydrogen) atoms. The first kappa shape index (κ1) is 20.0. The van der Waals surface area contributed by atoms with Gasteiger partial charge < -0.3 is 15.0 Å². The molecule has 0 bridgehead atoms. The number of nitrogens with one attached hydrogen (secondary N) is 1. The zero-order valence-electron chi connectivity index (χ0n) is 15.4. The van der Waals surface area contributed by atoms with Crippen LogP contribution in [-0.2, 0) is 22.6 Å². The standard InChI is InChI=1S/C18H24ClN5O2S/c1-2-24-17(23-8-10-26-11-9-23)21-22-18(24)27-12-7-16(25)20-13-14-5-3-4-6-15(14)19/h3-6H,2,7-13H2,1H3,(H,20,25). The number of rotatable bonds is 8. The van der Waals surface area contributed by atoms with Gasteiger partial charge in [-0.05, 0) is 18.6 Å². The lowest BCUT2D eigenvalue weighted by atomic mass is 10.2. The Morgan fingerprint density at radius 2 is 2.07 bits per heavy atom. The Bertz CT molecular complexity index is 764. The highest BCUT2D eigenvalue weighted by molar-refractivity contribution is 7.99. The van der Waals surface area contributed by atoms with Gasteiger partial charge in [0.15, 0.2) is 5.16 Å². The Morgan fingerprint density at radius 1 is 1.30 bits per heavy atom. The van der Waals surface area contributed by atoms with Gasteiger partial charge in [0.05, 0.1) is 13.2 Å². The van der Waals surface area contributed by atoms with Gasteiger partial charge in [-0.3, -0.25) is 9.36 Å². The van der Waals surface area contributed by atoms with Crippen LogP contribution in [0.25, 0.3) is 0 Å². The van der Waals surface area contributed by atoms with Gasteiger partial charge >= 0.3 is 0 Å². The maximum atomic E-state index is 12.1. The Labute approximate surface area is 168 Å². The minimum absolute atomic E-state index is 0.00149. The number of carbonyl (C=O) groups is 1. The predicted molar refractivity (Wildman–Crippen MR) is 107 cm³/mol. The summed E-state index contributed by atoms with van der Waals surface area (Å²) >= 11 is 7.66. The number of ether oxygens (including phenoxy) is 1. The molecule has 146 valence electrons. The van der Waals surface area contributed by atoms with Gasteiger partial charge in [0.25, 0.3) is 0 Å². The number of morpholine rings is 1. The van der Waals surface area contributed by atoms with Crippen LogP contribution < -0.4 is 10.2 Å². The highest BCUT2D eigenvalue weighted by Gasteiger charge is 2.19. The molecule has 1 aliphatic rings. The third-order valence-corrected chi connectivity index (χ3v) is 5.64. The molecule has 1 N–H and O–H groups in total. The second kappa shape index (κ2) is 9.96. The van der Waals surface area contributed by atoms with Crippen LogP contribution >= 0.6 is 23.4 Å². The van der Waals surface area contributed by atoms with Gasteiger partial charge in [-0.15, -0.1) is 10.2 Å². The van der Waals surface area contributed by atoms with Crippen LogP contribution in [0.3, 0.4) is 0 Å². The molecule has 3 rings (SSSR count). The Kier molecular flexibility index (Phi) is 7.37. The smallest absolute Gasteiger partial charge is 0.228 e. The number of carbonyl (C=O) groups excluding carboxylic acids is 1. The zero-order valence-corrected chi connectivity index (χ0v) is 16.9. The second-order valence-corrected chi connectivity index (χ2v) is 7.56. The molecule has 0 aliphatic carbocycles. The SMILES string of the molecule is CCn1c(SCCC(=O)NCc2ccccc2Cl)nnc1N1CCOCC1. The fourth-order valence-corrected chi connectivity index (χ4v) is 3.96. The van der Waals surface area contributed by atoms with E-state index in [1.54, 1.807) is 11.8 Å². The molecule has 1 aliphatic heterocycles. The normalized spacial score (nSPS) is 14.4. The van der Waals surface area contributed by atoms with Crippen molar-refractivity contribution in [2.24, 2.45) is 0 Å². The van der Waals surface area contributed by atoms with Crippen molar-refractivity contribution in [3.05, 3.63) is 34.9 Å². The first-order valence-electron chi connectivity index (χ1n) is 9.08. The van der Waals surface area contributed by atoms with Crippen molar-refractivity contribution in [1.82, 2.24) is 20.1 Å². The molecular weight excluding hydrogens is 386 g/mol. The molecule has 0 unspecified atom stereocenters. The molecule has 0 atom stereocenters. The van der Waals surface area contributed by atoms with Crippen molar-refractivity contribution in [3.8, 4) is 0 Å². The molecular formula is C18H24ClN5O2S. The molecule has 0 saturated carbocycles. The number of benzene rings is 1. The van der Waals surface area contributed by atoms with Gasteiger partial charge in [-0.25, -0.2) is 0 Å². The molecule has 0 radical (unpaired) electrons. The van der Waals surface area contributed by atoms with E-state index in [1.165, 1.54) is 0 Å². The molecule has 1 aromatic carbocycles. The van der Waals surface area contributed by atoms with E-state index in [-0.39, 0.29) is 5.91 Å². The monoisotopic (exact) mass is 409 g/mol. The molecule has 1 amide bonds. The van der Waals surface area contributed by atoms with E-state index in [9.17, 15) is 4.79 Å². The van der Waals surface area contributed by atoms with Crippen molar-refractivity contribution in [2.75, 3.05) is 37.0 Å². The summed E-state index contributed by atoms with van der Waals surface area (Å²) in [6.07, 6.45) is 0.415. The Balaban J connectivity index is 1.47. The minimum atomic E-state index is -0.00149. The summed E-state index contributed by atoms with van der Waals surface area (Å²) in [6, 6.07) is 7.52.